The first-order valence-corrected chi connectivity index (χ1v) is 5.68. The summed E-state index contributed by atoms with van der Waals surface area (Å²) in [4.78, 5) is 11.1. The fourth-order valence-corrected chi connectivity index (χ4v) is 2.14. The van der Waals surface area contributed by atoms with E-state index in [-0.39, 0.29) is 6.42 Å². The van der Waals surface area contributed by atoms with Gasteiger partial charge in [-0.1, -0.05) is 22.0 Å². The Kier molecular flexibility index (Phi) is 4.18. The third kappa shape index (κ3) is 2.98. The van der Waals surface area contributed by atoms with Crippen LogP contribution in [0.3, 0.4) is 0 Å². The number of carboxylic acid groups (broad SMARTS) is 1. The predicted molar refractivity (Wildman–Crippen MR) is 62.4 cm³/mol. The van der Waals surface area contributed by atoms with Crippen molar-refractivity contribution in [3.63, 3.8) is 0 Å². The Bertz CT molecular complexity index is 440. The van der Waals surface area contributed by atoms with Gasteiger partial charge in [-0.05, 0) is 17.2 Å². The monoisotopic (exact) mass is 285 g/mol. The molecule has 0 aliphatic carbocycles. The van der Waals surface area contributed by atoms with E-state index in [0.29, 0.717) is 21.4 Å². The highest BCUT2D eigenvalue weighted by Crippen LogP contribution is 2.23. The summed E-state index contributed by atoms with van der Waals surface area (Å²) in [5, 5.41) is 18.0. The van der Waals surface area contributed by atoms with Crippen LogP contribution in [0.2, 0.25) is 0 Å². The Balaban J connectivity index is 3.22. The molecule has 15 heavy (non-hydrogen) atoms. The Morgan fingerprint density at radius 2 is 2.27 bits per heavy atom. The second kappa shape index (κ2) is 5.19. The first-order valence-electron chi connectivity index (χ1n) is 4.11. The lowest BCUT2D eigenvalue weighted by Crippen LogP contribution is -2.01. The molecular weight excluding hydrogens is 278 g/mol. The lowest BCUT2D eigenvalue weighted by molar-refractivity contribution is -0.136. The Morgan fingerprint density at radius 1 is 1.60 bits per heavy atom. The maximum atomic E-state index is 10.5. The molecule has 0 atom stereocenters. The number of nitrogens with zero attached hydrogens (tertiary/aromatic N) is 1. The Labute approximate surface area is 101 Å². The lowest BCUT2D eigenvalue weighted by Gasteiger charge is -2.06. The van der Waals surface area contributed by atoms with Gasteiger partial charge in [0.15, 0.2) is 0 Å². The summed E-state index contributed by atoms with van der Waals surface area (Å²) in [6, 6.07) is 5.29. The normalized spacial score (nSPS) is 9.67. The van der Waals surface area contributed by atoms with Crippen LogP contribution in [0.5, 0.6) is 0 Å². The maximum Gasteiger partial charge on any atom is 0.307 e. The summed E-state index contributed by atoms with van der Waals surface area (Å²) in [5.41, 5.74) is 1.85. The van der Waals surface area contributed by atoms with Crippen LogP contribution in [-0.2, 0) is 16.5 Å². The molecule has 0 amide bonds. The van der Waals surface area contributed by atoms with Gasteiger partial charge in [-0.3, -0.25) is 4.79 Å². The molecule has 0 aromatic heterocycles. The van der Waals surface area contributed by atoms with Crippen molar-refractivity contribution in [3.8, 4) is 6.07 Å². The molecule has 5 heteroatoms. The highest BCUT2D eigenvalue weighted by atomic mass is 79.9. The van der Waals surface area contributed by atoms with E-state index in [1.165, 1.54) is 0 Å². The molecule has 0 aliphatic heterocycles. The summed E-state index contributed by atoms with van der Waals surface area (Å²) >= 11 is 7.48. The van der Waals surface area contributed by atoms with Gasteiger partial charge in [0.2, 0.25) is 0 Å². The number of alkyl halides is 1. The average molecular weight is 286 g/mol. The van der Waals surface area contributed by atoms with Gasteiger partial charge in [0.1, 0.15) is 6.07 Å². The van der Waals surface area contributed by atoms with Gasteiger partial charge >= 0.3 is 5.97 Å². The van der Waals surface area contributed by atoms with E-state index in [1.54, 1.807) is 12.1 Å². The molecule has 0 spiro atoms. The molecule has 1 aromatic rings. The number of hydrogen-bond donors (Lipinski definition) is 2. The topological polar surface area (TPSA) is 61.1 Å². The minimum absolute atomic E-state index is 0.0806. The van der Waals surface area contributed by atoms with E-state index in [1.807, 2.05) is 6.07 Å². The van der Waals surface area contributed by atoms with Crippen LogP contribution < -0.4 is 0 Å². The van der Waals surface area contributed by atoms with Crippen LogP contribution in [0.4, 0.5) is 0 Å². The summed E-state index contributed by atoms with van der Waals surface area (Å²) < 4.78 is 0. The summed E-state index contributed by atoms with van der Waals surface area (Å²) in [6.07, 6.45) is -0.0806. The fraction of sp³-hybridized carbons (Fsp3) is 0.200. The number of hydrogen-bond acceptors (Lipinski definition) is 3. The lowest BCUT2D eigenvalue weighted by atomic mass is 10.0. The quantitative estimate of drug-likeness (QED) is 0.662. The van der Waals surface area contributed by atoms with Crippen molar-refractivity contribution in [2.24, 2.45) is 0 Å². The standard InChI is InChI=1S/C10H8BrNO2S/c11-4-7-1-6(3-9(13)14)2-8(5-12)10(7)15/h1-2,15H,3-4H2,(H,13,14). The van der Waals surface area contributed by atoms with E-state index in [4.69, 9.17) is 10.4 Å². The second-order valence-electron chi connectivity index (χ2n) is 2.97. The summed E-state index contributed by atoms with van der Waals surface area (Å²) in [6.45, 7) is 0. The molecule has 0 unspecified atom stereocenters. The SMILES string of the molecule is N#Cc1cc(CC(=O)O)cc(CBr)c1S. The zero-order chi connectivity index (χ0) is 11.4. The van der Waals surface area contributed by atoms with Gasteiger partial charge in [-0.25, -0.2) is 0 Å². The third-order valence-electron chi connectivity index (χ3n) is 1.87. The molecule has 1 aromatic carbocycles. The maximum absolute atomic E-state index is 10.5. The van der Waals surface area contributed by atoms with E-state index < -0.39 is 5.97 Å². The highest BCUT2D eigenvalue weighted by molar-refractivity contribution is 9.08. The van der Waals surface area contributed by atoms with Crippen molar-refractivity contribution in [2.45, 2.75) is 16.6 Å². The molecule has 0 fully saturated rings. The molecule has 0 saturated carbocycles. The number of halogens is 1. The zero-order valence-electron chi connectivity index (χ0n) is 7.70. The van der Waals surface area contributed by atoms with Crippen LogP contribution in [0, 0.1) is 11.3 Å². The van der Waals surface area contributed by atoms with Crippen LogP contribution >= 0.6 is 28.6 Å². The minimum atomic E-state index is -0.911. The average Bonchev–Trinajstić information content (AvgIpc) is 2.19. The van der Waals surface area contributed by atoms with Crippen molar-refractivity contribution in [2.75, 3.05) is 0 Å². The molecule has 0 bridgehead atoms. The van der Waals surface area contributed by atoms with E-state index >= 15 is 0 Å². The first-order chi connectivity index (χ1) is 7.08. The number of thiol groups is 1. The number of carboxylic acids is 1. The van der Waals surface area contributed by atoms with Crippen molar-refractivity contribution >= 4 is 34.5 Å². The van der Waals surface area contributed by atoms with Crippen LogP contribution in [0.25, 0.3) is 0 Å². The van der Waals surface area contributed by atoms with Gasteiger partial charge in [0.25, 0.3) is 0 Å². The van der Waals surface area contributed by atoms with Gasteiger partial charge in [0, 0.05) is 10.2 Å². The number of carbonyl (C=O) groups is 1. The Morgan fingerprint density at radius 3 is 2.73 bits per heavy atom. The molecule has 0 radical (unpaired) electrons. The molecule has 1 rings (SSSR count). The van der Waals surface area contributed by atoms with Crippen molar-refractivity contribution in [3.05, 3.63) is 28.8 Å². The third-order valence-corrected chi connectivity index (χ3v) is 3.00. The predicted octanol–water partition coefficient (Wildman–Crippen LogP) is 2.37. The molecule has 1 N–H and O–H groups in total. The molecule has 3 nitrogen and oxygen atoms in total. The fourth-order valence-electron chi connectivity index (χ4n) is 1.22. The summed E-state index contributed by atoms with van der Waals surface area (Å²) in [5.74, 6) is -0.911. The smallest absolute Gasteiger partial charge is 0.307 e. The van der Waals surface area contributed by atoms with Crippen LogP contribution in [0.1, 0.15) is 16.7 Å². The summed E-state index contributed by atoms with van der Waals surface area (Å²) in [7, 11) is 0. The zero-order valence-corrected chi connectivity index (χ0v) is 10.2. The van der Waals surface area contributed by atoms with E-state index in [0.717, 1.165) is 5.56 Å². The first kappa shape index (κ1) is 12.1. The molecular formula is C10H8BrNO2S. The van der Waals surface area contributed by atoms with Crippen LogP contribution in [-0.4, -0.2) is 11.1 Å². The van der Waals surface area contributed by atoms with Crippen molar-refractivity contribution < 1.29 is 9.90 Å². The van der Waals surface area contributed by atoms with Crippen molar-refractivity contribution in [1.29, 1.82) is 5.26 Å². The van der Waals surface area contributed by atoms with Gasteiger partial charge in [-0.2, -0.15) is 5.26 Å². The van der Waals surface area contributed by atoms with Gasteiger partial charge in [-0.15, -0.1) is 12.6 Å². The van der Waals surface area contributed by atoms with Gasteiger partial charge < -0.3 is 5.11 Å². The molecule has 0 aliphatic rings. The van der Waals surface area contributed by atoms with E-state index in [2.05, 4.69) is 28.6 Å². The number of benzene rings is 1. The Hall–Kier alpha value is -0.990. The molecule has 0 heterocycles. The van der Waals surface area contributed by atoms with Crippen molar-refractivity contribution in [1.82, 2.24) is 0 Å². The van der Waals surface area contributed by atoms with Crippen LogP contribution in [0.15, 0.2) is 17.0 Å². The number of aliphatic carboxylic acids is 1. The second-order valence-corrected chi connectivity index (χ2v) is 3.98. The largest absolute Gasteiger partial charge is 0.481 e. The number of rotatable bonds is 3. The minimum Gasteiger partial charge on any atom is -0.481 e. The number of nitriles is 1. The molecule has 78 valence electrons. The highest BCUT2D eigenvalue weighted by Gasteiger charge is 2.09. The van der Waals surface area contributed by atoms with E-state index in [9.17, 15) is 4.79 Å². The van der Waals surface area contributed by atoms with Gasteiger partial charge in [0.05, 0.1) is 12.0 Å². The molecule has 0 saturated heterocycles.